The third kappa shape index (κ3) is 3.11. The smallest absolute Gasteiger partial charge is 0.164 e. The van der Waals surface area contributed by atoms with Crippen molar-refractivity contribution >= 4 is 0 Å². The van der Waals surface area contributed by atoms with E-state index in [9.17, 15) is 0 Å². The van der Waals surface area contributed by atoms with Crippen molar-refractivity contribution in [3.8, 4) is 34.2 Å². The highest BCUT2D eigenvalue weighted by Crippen LogP contribution is 2.27. The highest BCUT2D eigenvalue weighted by molar-refractivity contribution is 5.68. The van der Waals surface area contributed by atoms with Crippen LogP contribution in [0.3, 0.4) is 0 Å². The first-order valence-electron chi connectivity index (χ1n) is 8.66. The fraction of sp³-hybridized carbons (Fsp3) is 0.0870. The highest BCUT2D eigenvalue weighted by atomic mass is 15.0. The van der Waals surface area contributed by atoms with Crippen molar-refractivity contribution in [2.75, 3.05) is 0 Å². The molecule has 0 amide bonds. The molecule has 4 aromatic rings. The molecular formula is C23H19N3. The summed E-state index contributed by atoms with van der Waals surface area (Å²) in [5, 5.41) is 0. The van der Waals surface area contributed by atoms with E-state index in [1.807, 2.05) is 66.7 Å². The molecular weight excluding hydrogens is 318 g/mol. The van der Waals surface area contributed by atoms with E-state index in [1.54, 1.807) is 0 Å². The molecule has 0 aliphatic rings. The maximum atomic E-state index is 4.78. The Morgan fingerprint density at radius 3 is 1.54 bits per heavy atom. The van der Waals surface area contributed by atoms with Gasteiger partial charge in [-0.2, -0.15) is 0 Å². The van der Waals surface area contributed by atoms with Crippen LogP contribution in [0.4, 0.5) is 0 Å². The lowest BCUT2D eigenvalue weighted by Crippen LogP contribution is -2.01. The average molecular weight is 337 g/mol. The van der Waals surface area contributed by atoms with Crippen molar-refractivity contribution in [1.82, 2.24) is 15.0 Å². The van der Waals surface area contributed by atoms with Crippen LogP contribution in [0.25, 0.3) is 34.2 Å². The molecule has 3 heteroatoms. The van der Waals surface area contributed by atoms with Crippen LogP contribution in [0.5, 0.6) is 0 Å². The summed E-state index contributed by atoms with van der Waals surface area (Å²) in [7, 11) is 0. The molecule has 0 spiro atoms. The monoisotopic (exact) mass is 337 g/mol. The Kier molecular flexibility index (Phi) is 4.28. The number of hydrogen-bond donors (Lipinski definition) is 0. The lowest BCUT2D eigenvalue weighted by molar-refractivity contribution is 1.07. The first kappa shape index (κ1) is 16.2. The first-order chi connectivity index (χ1) is 12.7. The Morgan fingerprint density at radius 1 is 0.500 bits per heavy atom. The molecule has 0 aliphatic carbocycles. The minimum atomic E-state index is 0.690. The van der Waals surface area contributed by atoms with Gasteiger partial charge in [0.1, 0.15) is 0 Å². The van der Waals surface area contributed by atoms with Gasteiger partial charge in [0, 0.05) is 16.7 Å². The fourth-order valence-corrected chi connectivity index (χ4v) is 2.92. The number of rotatable bonds is 3. The normalized spacial score (nSPS) is 10.7. The Morgan fingerprint density at radius 2 is 1.00 bits per heavy atom. The van der Waals surface area contributed by atoms with Crippen LogP contribution in [0, 0.1) is 13.8 Å². The molecule has 0 bridgehead atoms. The molecule has 0 aliphatic heterocycles. The fourth-order valence-electron chi connectivity index (χ4n) is 2.92. The second-order valence-corrected chi connectivity index (χ2v) is 6.29. The summed E-state index contributed by atoms with van der Waals surface area (Å²) in [5.74, 6) is 2.09. The van der Waals surface area contributed by atoms with Crippen LogP contribution in [0.15, 0.2) is 78.9 Å². The zero-order valence-electron chi connectivity index (χ0n) is 14.8. The van der Waals surface area contributed by atoms with Crippen LogP contribution in [0.1, 0.15) is 11.1 Å². The molecule has 1 heterocycles. The zero-order chi connectivity index (χ0) is 17.9. The SMILES string of the molecule is Cc1cccc(-c2nc(-c3ccccc3)nc(-c3ccccc3)n2)c1C. The van der Waals surface area contributed by atoms with Gasteiger partial charge in [-0.3, -0.25) is 0 Å². The highest BCUT2D eigenvalue weighted by Gasteiger charge is 2.13. The van der Waals surface area contributed by atoms with Crippen LogP contribution in [-0.2, 0) is 0 Å². The van der Waals surface area contributed by atoms with E-state index in [0.29, 0.717) is 17.5 Å². The van der Waals surface area contributed by atoms with Gasteiger partial charge in [0.2, 0.25) is 0 Å². The van der Waals surface area contributed by atoms with Gasteiger partial charge in [-0.05, 0) is 25.0 Å². The summed E-state index contributed by atoms with van der Waals surface area (Å²) < 4.78 is 0. The van der Waals surface area contributed by atoms with E-state index < -0.39 is 0 Å². The minimum absolute atomic E-state index is 0.690. The van der Waals surface area contributed by atoms with Crippen molar-refractivity contribution in [2.24, 2.45) is 0 Å². The second kappa shape index (κ2) is 6.89. The lowest BCUT2D eigenvalue weighted by atomic mass is 10.0. The summed E-state index contributed by atoms with van der Waals surface area (Å²) in [4.78, 5) is 14.3. The van der Waals surface area contributed by atoms with Gasteiger partial charge < -0.3 is 0 Å². The largest absolute Gasteiger partial charge is 0.208 e. The van der Waals surface area contributed by atoms with Gasteiger partial charge in [0.25, 0.3) is 0 Å². The molecule has 26 heavy (non-hydrogen) atoms. The Balaban J connectivity index is 1.95. The van der Waals surface area contributed by atoms with Crippen LogP contribution in [-0.4, -0.2) is 15.0 Å². The summed E-state index contributed by atoms with van der Waals surface area (Å²) >= 11 is 0. The van der Waals surface area contributed by atoms with Crippen LogP contribution in [0.2, 0.25) is 0 Å². The number of aromatic nitrogens is 3. The third-order valence-corrected chi connectivity index (χ3v) is 4.54. The number of nitrogens with zero attached hydrogens (tertiary/aromatic N) is 3. The van der Waals surface area contributed by atoms with Crippen molar-refractivity contribution in [1.29, 1.82) is 0 Å². The maximum absolute atomic E-state index is 4.78. The Hall–Kier alpha value is -3.33. The first-order valence-corrected chi connectivity index (χ1v) is 8.66. The van der Waals surface area contributed by atoms with E-state index in [2.05, 4.69) is 26.0 Å². The van der Waals surface area contributed by atoms with Crippen molar-refractivity contribution in [3.05, 3.63) is 90.0 Å². The standard InChI is InChI=1S/C23H19N3/c1-16-10-9-15-20(17(16)2)23-25-21(18-11-5-3-6-12-18)24-22(26-23)19-13-7-4-8-14-19/h3-15H,1-2H3. The van der Waals surface area contributed by atoms with Gasteiger partial charge in [0.15, 0.2) is 17.5 Å². The summed E-state index contributed by atoms with van der Waals surface area (Å²) in [6.07, 6.45) is 0. The second-order valence-electron chi connectivity index (χ2n) is 6.29. The van der Waals surface area contributed by atoms with Gasteiger partial charge >= 0.3 is 0 Å². The quantitative estimate of drug-likeness (QED) is 0.496. The van der Waals surface area contributed by atoms with Gasteiger partial charge in [0.05, 0.1) is 0 Å². The zero-order valence-corrected chi connectivity index (χ0v) is 14.8. The van der Waals surface area contributed by atoms with E-state index in [1.165, 1.54) is 11.1 Å². The Bertz CT molecular complexity index is 984. The van der Waals surface area contributed by atoms with Gasteiger partial charge in [-0.15, -0.1) is 0 Å². The molecule has 0 saturated heterocycles. The molecule has 0 fully saturated rings. The number of benzene rings is 3. The summed E-state index contributed by atoms with van der Waals surface area (Å²) in [6.45, 7) is 4.22. The van der Waals surface area contributed by atoms with E-state index in [0.717, 1.165) is 16.7 Å². The van der Waals surface area contributed by atoms with Gasteiger partial charge in [-0.25, -0.2) is 15.0 Å². The number of aryl methyl sites for hydroxylation is 1. The lowest BCUT2D eigenvalue weighted by Gasteiger charge is -2.11. The van der Waals surface area contributed by atoms with E-state index in [4.69, 9.17) is 15.0 Å². The minimum Gasteiger partial charge on any atom is -0.208 e. The predicted molar refractivity (Wildman–Crippen MR) is 106 cm³/mol. The molecule has 0 unspecified atom stereocenters. The van der Waals surface area contributed by atoms with E-state index >= 15 is 0 Å². The van der Waals surface area contributed by atoms with Crippen LogP contribution >= 0.6 is 0 Å². The van der Waals surface area contributed by atoms with Gasteiger partial charge in [-0.1, -0.05) is 78.9 Å². The maximum Gasteiger partial charge on any atom is 0.164 e. The average Bonchev–Trinajstić information content (AvgIpc) is 2.71. The molecule has 0 radical (unpaired) electrons. The summed E-state index contributed by atoms with van der Waals surface area (Å²) in [5.41, 5.74) is 5.43. The molecule has 0 N–H and O–H groups in total. The molecule has 1 aromatic heterocycles. The molecule has 3 aromatic carbocycles. The van der Waals surface area contributed by atoms with E-state index in [-0.39, 0.29) is 0 Å². The number of hydrogen-bond acceptors (Lipinski definition) is 3. The third-order valence-electron chi connectivity index (χ3n) is 4.54. The molecule has 0 saturated carbocycles. The molecule has 3 nitrogen and oxygen atoms in total. The molecule has 0 atom stereocenters. The molecule has 4 rings (SSSR count). The summed E-state index contributed by atoms with van der Waals surface area (Å²) in [6, 6.07) is 26.3. The Labute approximate surface area is 153 Å². The predicted octanol–water partition coefficient (Wildman–Crippen LogP) is 5.49. The topological polar surface area (TPSA) is 38.7 Å². The van der Waals surface area contributed by atoms with Crippen molar-refractivity contribution in [3.63, 3.8) is 0 Å². The van der Waals surface area contributed by atoms with Crippen LogP contribution < -0.4 is 0 Å². The van der Waals surface area contributed by atoms with Crippen molar-refractivity contribution < 1.29 is 0 Å². The molecule has 126 valence electrons. The van der Waals surface area contributed by atoms with Crippen molar-refractivity contribution in [2.45, 2.75) is 13.8 Å².